The number of carbonyl (C=O) groups is 1. The maximum absolute atomic E-state index is 14.9. The van der Waals surface area contributed by atoms with Gasteiger partial charge in [0.15, 0.2) is 0 Å². The van der Waals surface area contributed by atoms with Gasteiger partial charge in [0.25, 0.3) is 0 Å². The van der Waals surface area contributed by atoms with Crippen LogP contribution in [-0.4, -0.2) is 42.3 Å². The van der Waals surface area contributed by atoms with E-state index in [-0.39, 0.29) is 17.6 Å². The zero-order valence-corrected chi connectivity index (χ0v) is 17.9. The van der Waals surface area contributed by atoms with E-state index in [0.717, 1.165) is 18.2 Å². The van der Waals surface area contributed by atoms with E-state index in [1.807, 2.05) is 27.7 Å². The molecule has 0 radical (unpaired) electrons. The average Bonchev–Trinajstić information content (AvgIpc) is 3.14. The number of hydrogen-bond donors (Lipinski definition) is 0. The summed E-state index contributed by atoms with van der Waals surface area (Å²) in [6.07, 6.45) is 0. The van der Waals surface area contributed by atoms with Gasteiger partial charge >= 0.3 is 13.1 Å². The fourth-order valence-electron chi connectivity index (χ4n) is 3.68. The van der Waals surface area contributed by atoms with Gasteiger partial charge in [0.2, 0.25) is 0 Å². The Morgan fingerprint density at radius 2 is 1.61 bits per heavy atom. The Bertz CT molecular complexity index is 1020. The van der Waals surface area contributed by atoms with Crippen molar-refractivity contribution in [3.63, 3.8) is 0 Å². The van der Waals surface area contributed by atoms with Gasteiger partial charge in [0.05, 0.1) is 17.7 Å². The molecule has 2 saturated heterocycles. The van der Waals surface area contributed by atoms with E-state index in [2.05, 4.69) is 0 Å². The first-order valence-corrected chi connectivity index (χ1v) is 10.1. The van der Waals surface area contributed by atoms with E-state index in [9.17, 15) is 18.0 Å². The first-order valence-electron chi connectivity index (χ1n) is 10.1. The summed E-state index contributed by atoms with van der Waals surface area (Å²) < 4.78 is 54.1. The Labute approximate surface area is 179 Å². The van der Waals surface area contributed by atoms with Crippen molar-refractivity contribution in [1.29, 1.82) is 0 Å². The number of benzene rings is 2. The van der Waals surface area contributed by atoms with E-state index in [1.165, 1.54) is 15.9 Å². The van der Waals surface area contributed by atoms with Crippen LogP contribution in [0.3, 0.4) is 0 Å². The summed E-state index contributed by atoms with van der Waals surface area (Å²) in [7, 11) is -0.846. The minimum absolute atomic E-state index is 0.0621. The molecule has 2 fully saturated rings. The molecule has 0 N–H and O–H groups in total. The van der Waals surface area contributed by atoms with Crippen molar-refractivity contribution in [2.75, 3.05) is 18.0 Å². The topological polar surface area (TPSA) is 42.0 Å². The molecule has 31 heavy (non-hydrogen) atoms. The van der Waals surface area contributed by atoms with Crippen LogP contribution >= 0.6 is 0 Å². The number of rotatable bonds is 4. The Hall–Kier alpha value is -2.52. The van der Waals surface area contributed by atoms with Crippen molar-refractivity contribution in [2.45, 2.75) is 45.4 Å². The average molecular weight is 432 g/mol. The van der Waals surface area contributed by atoms with Crippen LogP contribution in [0.4, 0.5) is 23.7 Å². The number of halogens is 3. The third kappa shape index (κ3) is 3.92. The van der Waals surface area contributed by atoms with Crippen LogP contribution in [0, 0.1) is 17.5 Å². The van der Waals surface area contributed by atoms with Gasteiger partial charge in [-0.05, 0) is 58.0 Å². The van der Waals surface area contributed by atoms with Crippen LogP contribution < -0.4 is 10.4 Å². The molecule has 0 bridgehead atoms. The molecule has 0 spiro atoms. The van der Waals surface area contributed by atoms with E-state index in [1.54, 1.807) is 12.1 Å². The van der Waals surface area contributed by atoms with E-state index >= 15 is 0 Å². The molecular formula is C22H24BF3N2O3. The van der Waals surface area contributed by atoms with E-state index < -0.39 is 41.8 Å². The third-order valence-corrected chi connectivity index (χ3v) is 6.27. The maximum Gasteiger partial charge on any atom is 0.497 e. The monoisotopic (exact) mass is 432 g/mol. The summed E-state index contributed by atoms with van der Waals surface area (Å²) in [4.78, 5) is 15.6. The van der Waals surface area contributed by atoms with Gasteiger partial charge in [0, 0.05) is 29.8 Å². The molecule has 164 valence electrons. The molecule has 9 heteroatoms. The summed E-state index contributed by atoms with van der Waals surface area (Å²) in [6, 6.07) is 7.19. The highest BCUT2D eigenvalue weighted by atomic mass is 19.1. The Kier molecular flexibility index (Phi) is 5.30. The molecule has 2 aromatic carbocycles. The normalized spacial score (nSPS) is 20.1. The van der Waals surface area contributed by atoms with Crippen molar-refractivity contribution in [2.24, 2.45) is 0 Å². The number of hydrogen-bond acceptors (Lipinski definition) is 3. The van der Waals surface area contributed by atoms with Crippen molar-refractivity contribution in [1.82, 2.24) is 4.90 Å². The van der Waals surface area contributed by atoms with Gasteiger partial charge < -0.3 is 14.2 Å². The zero-order chi connectivity index (χ0) is 22.6. The highest BCUT2D eigenvalue weighted by molar-refractivity contribution is 6.62. The molecule has 2 aliphatic heterocycles. The molecule has 0 aliphatic carbocycles. The summed E-state index contributed by atoms with van der Waals surface area (Å²) in [5.74, 6) is -1.69. The quantitative estimate of drug-likeness (QED) is 0.690. The SMILES string of the molecule is CC1(C)OB(c2ccc(N3CCN(Cc4cc(F)ccc4F)C3=O)cc2F)OC1(C)C. The summed E-state index contributed by atoms with van der Waals surface area (Å²) >= 11 is 0. The first kappa shape index (κ1) is 21.7. The lowest BCUT2D eigenvalue weighted by molar-refractivity contribution is 0.00578. The van der Waals surface area contributed by atoms with E-state index in [4.69, 9.17) is 9.31 Å². The zero-order valence-electron chi connectivity index (χ0n) is 17.9. The molecule has 2 amide bonds. The number of urea groups is 1. The largest absolute Gasteiger partial charge is 0.497 e. The van der Waals surface area contributed by atoms with Gasteiger partial charge in [0.1, 0.15) is 17.5 Å². The fraction of sp³-hybridized carbons (Fsp3) is 0.409. The third-order valence-electron chi connectivity index (χ3n) is 6.27. The number of nitrogens with zero attached hydrogens (tertiary/aromatic N) is 2. The van der Waals surface area contributed by atoms with Crippen LogP contribution in [0.15, 0.2) is 36.4 Å². The molecular weight excluding hydrogens is 408 g/mol. The molecule has 0 saturated carbocycles. The van der Waals surface area contributed by atoms with Crippen LogP contribution in [0.2, 0.25) is 0 Å². The molecule has 2 aliphatic rings. The Morgan fingerprint density at radius 3 is 2.26 bits per heavy atom. The van der Waals surface area contributed by atoms with Gasteiger partial charge in [-0.2, -0.15) is 0 Å². The Morgan fingerprint density at radius 1 is 0.935 bits per heavy atom. The van der Waals surface area contributed by atoms with Crippen molar-refractivity contribution in [3.8, 4) is 0 Å². The van der Waals surface area contributed by atoms with Gasteiger partial charge in [-0.3, -0.25) is 4.90 Å². The lowest BCUT2D eigenvalue weighted by Crippen LogP contribution is -2.41. The van der Waals surface area contributed by atoms with Crippen molar-refractivity contribution in [3.05, 3.63) is 59.4 Å². The highest BCUT2D eigenvalue weighted by Crippen LogP contribution is 2.37. The summed E-state index contributed by atoms with van der Waals surface area (Å²) in [6.45, 7) is 8.11. The number of anilines is 1. The molecule has 2 aromatic rings. The highest BCUT2D eigenvalue weighted by Gasteiger charge is 2.52. The van der Waals surface area contributed by atoms with Gasteiger partial charge in [-0.15, -0.1) is 0 Å². The standard InChI is InChI=1S/C22H24BF3N2O3/c1-21(2)22(3,4)31-23(30-21)17-7-6-16(12-19(17)26)28-10-9-27(20(28)29)13-14-11-15(24)5-8-18(14)25/h5-8,11-12H,9-10,13H2,1-4H3. The Balaban J connectivity index is 1.50. The van der Waals surface area contributed by atoms with Gasteiger partial charge in [-0.1, -0.05) is 6.07 Å². The maximum atomic E-state index is 14.9. The molecule has 0 atom stereocenters. The molecule has 2 heterocycles. The van der Waals surface area contributed by atoms with Crippen LogP contribution in [0.1, 0.15) is 33.3 Å². The lowest BCUT2D eigenvalue weighted by Gasteiger charge is -2.32. The van der Waals surface area contributed by atoms with Crippen LogP contribution in [0.25, 0.3) is 0 Å². The summed E-state index contributed by atoms with van der Waals surface area (Å²) in [5.41, 5.74) is -0.462. The second-order valence-electron chi connectivity index (χ2n) is 8.89. The lowest BCUT2D eigenvalue weighted by atomic mass is 9.78. The van der Waals surface area contributed by atoms with Gasteiger partial charge in [-0.25, -0.2) is 18.0 Å². The predicted molar refractivity (Wildman–Crippen MR) is 112 cm³/mol. The second kappa shape index (κ2) is 7.56. The minimum atomic E-state index is -0.846. The minimum Gasteiger partial charge on any atom is -0.399 e. The smallest absolute Gasteiger partial charge is 0.399 e. The van der Waals surface area contributed by atoms with Crippen molar-refractivity contribution >= 4 is 24.3 Å². The molecule has 4 rings (SSSR count). The number of carbonyl (C=O) groups excluding carboxylic acids is 1. The van der Waals surface area contributed by atoms with Crippen LogP contribution in [0.5, 0.6) is 0 Å². The van der Waals surface area contributed by atoms with Crippen LogP contribution in [-0.2, 0) is 15.9 Å². The molecule has 0 aromatic heterocycles. The second-order valence-corrected chi connectivity index (χ2v) is 8.89. The van der Waals surface area contributed by atoms with E-state index in [0.29, 0.717) is 18.8 Å². The number of amides is 2. The molecule has 0 unspecified atom stereocenters. The molecule has 5 nitrogen and oxygen atoms in total. The van der Waals surface area contributed by atoms with Crippen molar-refractivity contribution < 1.29 is 27.3 Å². The first-order chi connectivity index (χ1) is 14.5. The summed E-state index contributed by atoms with van der Waals surface area (Å²) in [5, 5.41) is 0. The predicted octanol–water partition coefficient (Wildman–Crippen LogP) is 3.85. The fourth-order valence-corrected chi connectivity index (χ4v) is 3.68.